The van der Waals surface area contributed by atoms with Crippen molar-refractivity contribution in [3.63, 3.8) is 0 Å². The molecule has 2 aromatic heterocycles. The Kier molecular flexibility index (Phi) is 4.21. The van der Waals surface area contributed by atoms with Crippen molar-refractivity contribution in [1.82, 2.24) is 9.97 Å². The van der Waals surface area contributed by atoms with Gasteiger partial charge in [-0.1, -0.05) is 12.1 Å². The van der Waals surface area contributed by atoms with E-state index < -0.39 is 0 Å². The number of aryl methyl sites for hydroxylation is 1. The summed E-state index contributed by atoms with van der Waals surface area (Å²) in [4.78, 5) is 9.01. The van der Waals surface area contributed by atoms with Crippen molar-refractivity contribution in [2.45, 2.75) is 13.5 Å². The summed E-state index contributed by atoms with van der Waals surface area (Å²) >= 11 is 0. The van der Waals surface area contributed by atoms with Crippen LogP contribution in [0.15, 0.2) is 54.7 Å². The lowest BCUT2D eigenvalue weighted by Gasteiger charge is -2.18. The third-order valence-electron chi connectivity index (χ3n) is 4.03. The van der Waals surface area contributed by atoms with Gasteiger partial charge in [-0.05, 0) is 48.9 Å². The fourth-order valence-corrected chi connectivity index (χ4v) is 2.69. The molecule has 0 aliphatic carbocycles. The second-order valence-corrected chi connectivity index (χ2v) is 5.93. The molecule has 0 unspecified atom stereocenters. The number of hydrogen-bond donors (Lipinski definition) is 1. The highest BCUT2D eigenvalue weighted by atomic mass is 16.6. The smallest absolute Gasteiger partial charge is 0.162 e. The van der Waals surface area contributed by atoms with E-state index in [9.17, 15) is 0 Å². The van der Waals surface area contributed by atoms with E-state index in [1.54, 1.807) is 0 Å². The van der Waals surface area contributed by atoms with Crippen molar-refractivity contribution in [1.29, 1.82) is 0 Å². The molecule has 3 heterocycles. The molecule has 4 rings (SSSR count). The lowest BCUT2D eigenvalue weighted by molar-refractivity contribution is 0.171. The van der Waals surface area contributed by atoms with Gasteiger partial charge in [-0.2, -0.15) is 0 Å². The molecule has 1 N–H and O–H groups in total. The Morgan fingerprint density at radius 2 is 1.88 bits per heavy atom. The van der Waals surface area contributed by atoms with Gasteiger partial charge in [0, 0.05) is 24.0 Å². The number of ether oxygens (including phenoxy) is 2. The van der Waals surface area contributed by atoms with E-state index in [0.29, 0.717) is 19.8 Å². The standard InChI is InChI=1S/C20H19N3O2/c1-14-5-6-15(12-21-14)13-22-20-4-2-3-17(23-20)16-7-8-18-19(11-16)25-10-9-24-18/h2-8,11-12H,9-10,13H2,1H3,(H,22,23). The molecule has 1 aliphatic heterocycles. The van der Waals surface area contributed by atoms with Crippen LogP contribution in [0.1, 0.15) is 11.3 Å². The zero-order chi connectivity index (χ0) is 17.1. The normalized spacial score (nSPS) is 12.7. The largest absolute Gasteiger partial charge is 0.486 e. The molecule has 5 heteroatoms. The van der Waals surface area contributed by atoms with Crippen molar-refractivity contribution in [3.8, 4) is 22.8 Å². The second kappa shape index (κ2) is 6.81. The van der Waals surface area contributed by atoms with Gasteiger partial charge >= 0.3 is 0 Å². The van der Waals surface area contributed by atoms with Crippen LogP contribution in [-0.4, -0.2) is 23.2 Å². The number of benzene rings is 1. The fraction of sp³-hybridized carbons (Fsp3) is 0.200. The highest BCUT2D eigenvalue weighted by molar-refractivity contribution is 5.65. The number of nitrogens with zero attached hydrogens (tertiary/aromatic N) is 2. The summed E-state index contributed by atoms with van der Waals surface area (Å²) in [5, 5.41) is 3.35. The van der Waals surface area contributed by atoms with Gasteiger partial charge in [0.1, 0.15) is 19.0 Å². The van der Waals surface area contributed by atoms with Crippen LogP contribution >= 0.6 is 0 Å². The Hall–Kier alpha value is -3.08. The van der Waals surface area contributed by atoms with Gasteiger partial charge in [0.25, 0.3) is 0 Å². The van der Waals surface area contributed by atoms with E-state index in [4.69, 9.17) is 14.5 Å². The van der Waals surface area contributed by atoms with Crippen LogP contribution < -0.4 is 14.8 Å². The van der Waals surface area contributed by atoms with Crippen molar-refractivity contribution in [3.05, 3.63) is 66.0 Å². The molecule has 0 atom stereocenters. The molecular weight excluding hydrogens is 314 g/mol. The van der Waals surface area contributed by atoms with Crippen molar-refractivity contribution < 1.29 is 9.47 Å². The molecule has 1 aliphatic rings. The molecule has 0 amide bonds. The highest BCUT2D eigenvalue weighted by Crippen LogP contribution is 2.34. The summed E-state index contributed by atoms with van der Waals surface area (Å²) in [5.41, 5.74) is 4.04. The quantitative estimate of drug-likeness (QED) is 0.786. The third-order valence-corrected chi connectivity index (χ3v) is 4.03. The van der Waals surface area contributed by atoms with Gasteiger partial charge in [-0.3, -0.25) is 4.98 Å². The first-order valence-corrected chi connectivity index (χ1v) is 8.30. The summed E-state index contributed by atoms with van der Waals surface area (Å²) in [6.45, 7) is 3.84. The maximum absolute atomic E-state index is 5.66. The fourth-order valence-electron chi connectivity index (χ4n) is 2.69. The lowest BCUT2D eigenvalue weighted by Crippen LogP contribution is -2.15. The number of hydrogen-bond acceptors (Lipinski definition) is 5. The maximum Gasteiger partial charge on any atom is 0.162 e. The van der Waals surface area contributed by atoms with Crippen LogP contribution in [0.3, 0.4) is 0 Å². The van der Waals surface area contributed by atoms with E-state index in [-0.39, 0.29) is 0 Å². The summed E-state index contributed by atoms with van der Waals surface area (Å²) in [6.07, 6.45) is 1.88. The number of nitrogens with one attached hydrogen (secondary N) is 1. The minimum atomic E-state index is 0.579. The molecule has 0 spiro atoms. The van der Waals surface area contributed by atoms with Gasteiger partial charge in [0.15, 0.2) is 11.5 Å². The Morgan fingerprint density at radius 1 is 1.00 bits per heavy atom. The Labute approximate surface area is 146 Å². The van der Waals surface area contributed by atoms with Crippen molar-refractivity contribution in [2.75, 3.05) is 18.5 Å². The van der Waals surface area contributed by atoms with Gasteiger partial charge in [-0.15, -0.1) is 0 Å². The van der Waals surface area contributed by atoms with E-state index in [1.165, 1.54) is 0 Å². The number of rotatable bonds is 4. The first-order valence-electron chi connectivity index (χ1n) is 8.30. The van der Waals surface area contributed by atoms with Crippen LogP contribution in [0.4, 0.5) is 5.82 Å². The number of anilines is 1. The van der Waals surface area contributed by atoms with Crippen LogP contribution in [0.25, 0.3) is 11.3 Å². The molecule has 0 fully saturated rings. The van der Waals surface area contributed by atoms with Crippen LogP contribution in [0, 0.1) is 6.92 Å². The summed E-state index contributed by atoms with van der Waals surface area (Å²) in [7, 11) is 0. The van der Waals surface area contributed by atoms with Crippen LogP contribution in [0.2, 0.25) is 0 Å². The summed E-state index contributed by atoms with van der Waals surface area (Å²) < 4.78 is 11.2. The second-order valence-electron chi connectivity index (χ2n) is 5.93. The monoisotopic (exact) mass is 333 g/mol. The maximum atomic E-state index is 5.66. The molecule has 5 nitrogen and oxygen atoms in total. The third kappa shape index (κ3) is 3.55. The predicted octanol–water partition coefficient (Wildman–Crippen LogP) is 3.84. The number of fused-ring (bicyclic) bond motifs is 1. The van der Waals surface area contributed by atoms with Crippen LogP contribution in [0.5, 0.6) is 11.5 Å². The average molecular weight is 333 g/mol. The molecule has 0 bridgehead atoms. The molecular formula is C20H19N3O2. The van der Waals surface area contributed by atoms with E-state index in [0.717, 1.165) is 39.8 Å². The Bertz CT molecular complexity index is 878. The first kappa shape index (κ1) is 15.4. The molecule has 25 heavy (non-hydrogen) atoms. The molecule has 126 valence electrons. The Balaban J connectivity index is 1.52. The minimum absolute atomic E-state index is 0.579. The van der Waals surface area contributed by atoms with E-state index in [2.05, 4.69) is 16.4 Å². The van der Waals surface area contributed by atoms with E-state index in [1.807, 2.05) is 55.6 Å². The molecule has 1 aromatic carbocycles. The average Bonchev–Trinajstić information content (AvgIpc) is 2.67. The lowest BCUT2D eigenvalue weighted by atomic mass is 10.1. The minimum Gasteiger partial charge on any atom is -0.486 e. The SMILES string of the molecule is Cc1ccc(CNc2cccc(-c3ccc4c(c3)OCCO4)n2)cn1. The molecule has 0 saturated heterocycles. The number of pyridine rings is 2. The summed E-state index contributed by atoms with van der Waals surface area (Å²) in [6, 6.07) is 15.9. The van der Waals surface area contributed by atoms with Crippen LogP contribution in [-0.2, 0) is 6.54 Å². The zero-order valence-electron chi connectivity index (χ0n) is 14.0. The first-order chi connectivity index (χ1) is 12.3. The van der Waals surface area contributed by atoms with E-state index >= 15 is 0 Å². The zero-order valence-corrected chi connectivity index (χ0v) is 14.0. The molecule has 0 saturated carbocycles. The van der Waals surface area contributed by atoms with Gasteiger partial charge in [-0.25, -0.2) is 4.98 Å². The summed E-state index contributed by atoms with van der Waals surface area (Å²) in [5.74, 6) is 2.39. The predicted molar refractivity (Wildman–Crippen MR) is 97.0 cm³/mol. The molecule has 0 radical (unpaired) electrons. The number of aromatic nitrogens is 2. The Morgan fingerprint density at radius 3 is 2.72 bits per heavy atom. The van der Waals surface area contributed by atoms with Crippen molar-refractivity contribution >= 4 is 5.82 Å². The van der Waals surface area contributed by atoms with Crippen molar-refractivity contribution in [2.24, 2.45) is 0 Å². The van der Waals surface area contributed by atoms with Gasteiger partial charge in [0.05, 0.1) is 5.69 Å². The molecule has 3 aromatic rings. The highest BCUT2D eigenvalue weighted by Gasteiger charge is 2.13. The topological polar surface area (TPSA) is 56.3 Å². The van der Waals surface area contributed by atoms with Gasteiger partial charge < -0.3 is 14.8 Å². The van der Waals surface area contributed by atoms with Gasteiger partial charge in [0.2, 0.25) is 0 Å².